The second-order valence-electron chi connectivity index (χ2n) is 7.65. The Labute approximate surface area is 203 Å². The summed E-state index contributed by atoms with van der Waals surface area (Å²) in [5.41, 5.74) is 1.35. The molecule has 6 nitrogen and oxygen atoms in total. The zero-order chi connectivity index (χ0) is 23.8. The molecular formula is C26H16ClNO5S. The summed E-state index contributed by atoms with van der Waals surface area (Å²) in [5, 5.41) is 11.3. The molecule has 1 aromatic heterocycles. The summed E-state index contributed by atoms with van der Waals surface area (Å²) >= 11 is 7.06. The third kappa shape index (κ3) is 4.23. The number of carbonyl (C=O) groups excluding carboxylic acids is 2. The number of carboxylic acids is 1. The highest BCUT2D eigenvalue weighted by Gasteiger charge is 2.35. The molecule has 34 heavy (non-hydrogen) atoms. The summed E-state index contributed by atoms with van der Waals surface area (Å²) in [7, 11) is 0. The molecule has 1 fully saturated rings. The van der Waals surface area contributed by atoms with Crippen molar-refractivity contribution in [3.05, 3.63) is 99.6 Å². The molecule has 3 aromatic carbocycles. The number of aromatic carboxylic acids is 1. The second-order valence-corrected chi connectivity index (χ2v) is 9.05. The van der Waals surface area contributed by atoms with Gasteiger partial charge in [0.1, 0.15) is 11.5 Å². The van der Waals surface area contributed by atoms with Crippen LogP contribution in [0.2, 0.25) is 5.02 Å². The Bertz CT molecular complexity index is 1510. The smallest absolute Gasteiger partial charge is 0.335 e. The third-order valence-corrected chi connectivity index (χ3v) is 6.64. The van der Waals surface area contributed by atoms with Gasteiger partial charge in [0.2, 0.25) is 0 Å². The molecule has 2 heterocycles. The average Bonchev–Trinajstić information content (AvgIpc) is 3.39. The van der Waals surface area contributed by atoms with E-state index in [9.17, 15) is 19.5 Å². The molecule has 0 aliphatic carbocycles. The number of hydrogen-bond donors (Lipinski definition) is 1. The van der Waals surface area contributed by atoms with Crippen LogP contribution >= 0.6 is 23.4 Å². The van der Waals surface area contributed by atoms with Crippen LogP contribution in [0.25, 0.3) is 28.2 Å². The van der Waals surface area contributed by atoms with Crippen LogP contribution in [-0.2, 0) is 11.3 Å². The normalized spacial score (nSPS) is 15.0. The van der Waals surface area contributed by atoms with Crippen molar-refractivity contribution in [3.63, 3.8) is 0 Å². The lowest BCUT2D eigenvalue weighted by atomic mass is 10.1. The maximum Gasteiger partial charge on any atom is 0.335 e. The van der Waals surface area contributed by atoms with E-state index in [-0.39, 0.29) is 22.3 Å². The number of carbonyl (C=O) groups is 3. The minimum Gasteiger partial charge on any atom is -0.478 e. The van der Waals surface area contributed by atoms with Crippen molar-refractivity contribution in [2.45, 2.75) is 6.54 Å². The van der Waals surface area contributed by atoms with Gasteiger partial charge < -0.3 is 9.52 Å². The van der Waals surface area contributed by atoms with E-state index in [0.717, 1.165) is 28.1 Å². The SMILES string of the molecule is O=C(O)c1ccc(Cl)c(-c2ccc(/C=C3/SC(=O)N(Cc4ccc5ccccc5c4)C3=O)o2)c1. The predicted molar refractivity (Wildman–Crippen MR) is 132 cm³/mol. The summed E-state index contributed by atoms with van der Waals surface area (Å²) in [6.45, 7) is 0.174. The number of carboxylic acid groups (broad SMARTS) is 1. The molecule has 0 unspecified atom stereocenters. The molecule has 0 atom stereocenters. The first-order chi connectivity index (χ1) is 16.4. The summed E-state index contributed by atoms with van der Waals surface area (Å²) in [5.74, 6) is -0.769. The molecule has 1 saturated heterocycles. The van der Waals surface area contributed by atoms with Crippen LogP contribution in [0, 0.1) is 0 Å². The minimum absolute atomic E-state index is 0.0761. The van der Waals surface area contributed by atoms with Crippen molar-refractivity contribution in [3.8, 4) is 11.3 Å². The lowest BCUT2D eigenvalue weighted by molar-refractivity contribution is -0.123. The van der Waals surface area contributed by atoms with E-state index in [1.807, 2.05) is 42.5 Å². The number of imide groups is 1. The van der Waals surface area contributed by atoms with Gasteiger partial charge in [0.15, 0.2) is 0 Å². The monoisotopic (exact) mass is 489 g/mol. The van der Waals surface area contributed by atoms with Crippen LogP contribution in [0.3, 0.4) is 0 Å². The molecule has 4 aromatic rings. The van der Waals surface area contributed by atoms with Crippen LogP contribution in [0.5, 0.6) is 0 Å². The summed E-state index contributed by atoms with van der Waals surface area (Å²) < 4.78 is 5.78. The molecule has 0 saturated carbocycles. The molecule has 0 spiro atoms. The topological polar surface area (TPSA) is 87.8 Å². The van der Waals surface area contributed by atoms with Gasteiger partial charge in [-0.1, -0.05) is 48.0 Å². The molecular weight excluding hydrogens is 474 g/mol. The van der Waals surface area contributed by atoms with Crippen LogP contribution in [0.15, 0.2) is 82.1 Å². The van der Waals surface area contributed by atoms with E-state index in [2.05, 4.69) is 0 Å². The largest absolute Gasteiger partial charge is 0.478 e. The van der Waals surface area contributed by atoms with Gasteiger partial charge in [-0.2, -0.15) is 0 Å². The predicted octanol–water partition coefficient (Wildman–Crippen LogP) is 6.69. The molecule has 0 bridgehead atoms. The van der Waals surface area contributed by atoms with Crippen molar-refractivity contribution < 1.29 is 23.9 Å². The van der Waals surface area contributed by atoms with Crippen molar-refractivity contribution in [2.24, 2.45) is 0 Å². The zero-order valence-electron chi connectivity index (χ0n) is 17.5. The van der Waals surface area contributed by atoms with Gasteiger partial charge in [-0.15, -0.1) is 0 Å². The molecule has 0 radical (unpaired) electrons. The van der Waals surface area contributed by atoms with E-state index in [1.54, 1.807) is 12.1 Å². The fourth-order valence-corrected chi connectivity index (χ4v) is 4.74. The standard InChI is InChI=1S/C26H16ClNO5S/c27-21-9-7-18(25(30)31)12-20(21)22-10-8-19(33-22)13-23-24(29)28(26(32)34-23)14-15-5-6-16-3-1-2-4-17(16)11-15/h1-13H,14H2,(H,30,31)/b23-13+. The van der Waals surface area contributed by atoms with E-state index < -0.39 is 11.9 Å². The molecule has 5 rings (SSSR count). The second kappa shape index (κ2) is 8.85. The van der Waals surface area contributed by atoms with Gasteiger partial charge in [0.05, 0.1) is 22.0 Å². The van der Waals surface area contributed by atoms with Gasteiger partial charge in [-0.05, 0) is 64.5 Å². The molecule has 8 heteroatoms. The van der Waals surface area contributed by atoms with Gasteiger partial charge in [0.25, 0.3) is 11.1 Å². The maximum atomic E-state index is 12.9. The Morgan fingerprint density at radius 2 is 1.79 bits per heavy atom. The number of halogens is 1. The van der Waals surface area contributed by atoms with Crippen molar-refractivity contribution in [2.75, 3.05) is 0 Å². The van der Waals surface area contributed by atoms with Crippen molar-refractivity contribution in [1.82, 2.24) is 4.90 Å². The number of furan rings is 1. The zero-order valence-corrected chi connectivity index (χ0v) is 19.1. The van der Waals surface area contributed by atoms with E-state index in [4.69, 9.17) is 16.0 Å². The van der Waals surface area contributed by atoms with Gasteiger partial charge in [-0.25, -0.2) is 4.79 Å². The first-order valence-corrected chi connectivity index (χ1v) is 11.4. The van der Waals surface area contributed by atoms with Crippen molar-refractivity contribution >= 4 is 57.3 Å². The van der Waals surface area contributed by atoms with Crippen LogP contribution in [-0.4, -0.2) is 27.1 Å². The number of nitrogens with zero attached hydrogens (tertiary/aromatic N) is 1. The van der Waals surface area contributed by atoms with Gasteiger partial charge in [0, 0.05) is 11.6 Å². The third-order valence-electron chi connectivity index (χ3n) is 5.41. The molecule has 1 aliphatic heterocycles. The van der Waals surface area contributed by atoms with E-state index in [0.29, 0.717) is 22.1 Å². The summed E-state index contributed by atoms with van der Waals surface area (Å²) in [4.78, 5) is 38.2. The summed E-state index contributed by atoms with van der Waals surface area (Å²) in [6, 6.07) is 21.3. The first-order valence-electron chi connectivity index (χ1n) is 10.2. The number of amides is 2. The minimum atomic E-state index is -1.08. The lowest BCUT2D eigenvalue weighted by Crippen LogP contribution is -2.27. The number of rotatable bonds is 5. The van der Waals surface area contributed by atoms with E-state index in [1.165, 1.54) is 29.2 Å². The molecule has 2 amide bonds. The van der Waals surface area contributed by atoms with Gasteiger partial charge >= 0.3 is 5.97 Å². The number of fused-ring (bicyclic) bond motifs is 1. The Balaban J connectivity index is 1.37. The highest BCUT2D eigenvalue weighted by molar-refractivity contribution is 8.18. The Morgan fingerprint density at radius 1 is 1.00 bits per heavy atom. The summed E-state index contributed by atoms with van der Waals surface area (Å²) in [6.07, 6.45) is 1.50. The van der Waals surface area contributed by atoms with Crippen LogP contribution in [0.4, 0.5) is 4.79 Å². The number of benzene rings is 3. The molecule has 1 aliphatic rings. The highest BCUT2D eigenvalue weighted by atomic mass is 35.5. The first kappa shape index (κ1) is 22.0. The van der Waals surface area contributed by atoms with Crippen molar-refractivity contribution in [1.29, 1.82) is 0 Å². The van der Waals surface area contributed by atoms with E-state index >= 15 is 0 Å². The Kier molecular flexibility index (Phi) is 5.73. The quantitative estimate of drug-likeness (QED) is 0.314. The molecule has 168 valence electrons. The Hall–Kier alpha value is -3.81. The van der Waals surface area contributed by atoms with Gasteiger partial charge in [-0.3, -0.25) is 14.5 Å². The average molecular weight is 490 g/mol. The van der Waals surface area contributed by atoms with Crippen LogP contribution in [0.1, 0.15) is 21.7 Å². The molecule has 1 N–H and O–H groups in total. The lowest BCUT2D eigenvalue weighted by Gasteiger charge is -2.13. The number of thioether (sulfide) groups is 1. The fourth-order valence-electron chi connectivity index (χ4n) is 3.71. The highest BCUT2D eigenvalue weighted by Crippen LogP contribution is 2.35. The Morgan fingerprint density at radius 3 is 2.59 bits per heavy atom. The maximum absolute atomic E-state index is 12.9. The number of hydrogen-bond acceptors (Lipinski definition) is 5. The fraction of sp³-hybridized carbons (Fsp3) is 0.0385. The van der Waals surface area contributed by atoms with Crippen LogP contribution < -0.4 is 0 Å².